The van der Waals surface area contributed by atoms with Crippen molar-refractivity contribution in [2.24, 2.45) is 11.3 Å². The first-order valence-corrected chi connectivity index (χ1v) is 20.8. The van der Waals surface area contributed by atoms with E-state index in [0.717, 1.165) is 11.8 Å². The molecule has 16 heteroatoms. The Morgan fingerprint density at radius 2 is 1.40 bits per heavy atom. The summed E-state index contributed by atoms with van der Waals surface area (Å²) < 4.78 is 43.3. The molecule has 1 aromatic rings. The maximum Gasteiger partial charge on any atom is 0.407 e. The third-order valence-corrected chi connectivity index (χ3v) is 9.31. The second kappa shape index (κ2) is 19.8. The lowest BCUT2D eigenvalue weighted by molar-refractivity contribution is -0.159. The Kier molecular flexibility index (Phi) is 17.0. The van der Waals surface area contributed by atoms with Gasteiger partial charge in [0.2, 0.25) is 21.8 Å². The predicted molar refractivity (Wildman–Crippen MR) is 208 cm³/mol. The van der Waals surface area contributed by atoms with E-state index in [1.54, 1.807) is 53.7 Å². The van der Waals surface area contributed by atoms with Crippen LogP contribution in [0.25, 0.3) is 0 Å². The summed E-state index contributed by atoms with van der Waals surface area (Å²) in [6.07, 6.45) is 3.29. The summed E-state index contributed by atoms with van der Waals surface area (Å²) in [5, 5.41) is 18.3. The number of carboxylic acid groups (broad SMARTS) is 1. The van der Waals surface area contributed by atoms with Crippen LogP contribution >= 0.6 is 0 Å². The van der Waals surface area contributed by atoms with Crippen molar-refractivity contribution < 1.29 is 51.7 Å². The van der Waals surface area contributed by atoms with E-state index in [4.69, 9.17) is 14.2 Å². The maximum absolute atomic E-state index is 14.2. The molecule has 3 amide bonds. The van der Waals surface area contributed by atoms with Gasteiger partial charge in [0.05, 0.1) is 17.6 Å². The number of amides is 3. The number of benzene rings is 1. The maximum atomic E-state index is 14.2. The van der Waals surface area contributed by atoms with Gasteiger partial charge in [-0.3, -0.25) is 14.4 Å². The van der Waals surface area contributed by atoms with Gasteiger partial charge < -0.3 is 35.3 Å². The fraction of sp³-hybridized carbons (Fsp3) is 0.718. The smallest absolute Gasteiger partial charge is 0.407 e. The minimum atomic E-state index is -3.82. The Bertz CT molecular complexity index is 1570. The first-order valence-electron chi connectivity index (χ1n) is 18.9. The van der Waals surface area contributed by atoms with Crippen LogP contribution in [0, 0.1) is 11.3 Å². The number of carbonyl (C=O) groups excluding carboxylic acids is 4. The predicted octanol–water partition coefficient (Wildman–Crippen LogP) is 4.61. The molecule has 1 aliphatic rings. The van der Waals surface area contributed by atoms with Crippen LogP contribution in [-0.4, -0.2) is 91.6 Å². The zero-order valence-corrected chi connectivity index (χ0v) is 35.1. The lowest BCUT2D eigenvalue weighted by atomic mass is 9.76. The summed E-state index contributed by atoms with van der Waals surface area (Å²) in [5.74, 6) is -3.59. The molecule has 0 saturated heterocycles. The van der Waals surface area contributed by atoms with E-state index in [2.05, 4.69) is 20.7 Å². The molecule has 3 atom stereocenters. The van der Waals surface area contributed by atoms with Crippen LogP contribution in [0.2, 0.25) is 0 Å². The number of ether oxygens (including phenoxy) is 3. The van der Waals surface area contributed by atoms with Gasteiger partial charge in [0, 0.05) is 19.5 Å². The fourth-order valence-electron chi connectivity index (χ4n) is 6.28. The summed E-state index contributed by atoms with van der Waals surface area (Å²) in [7, 11) is -3.82. The van der Waals surface area contributed by atoms with E-state index in [0.29, 0.717) is 44.3 Å². The number of hydrogen-bond acceptors (Lipinski definition) is 10. The highest BCUT2D eigenvalue weighted by Crippen LogP contribution is 2.44. The molecule has 0 radical (unpaired) electrons. The van der Waals surface area contributed by atoms with Gasteiger partial charge in [-0.05, 0) is 119 Å². The van der Waals surface area contributed by atoms with Gasteiger partial charge in [0.25, 0.3) is 0 Å². The van der Waals surface area contributed by atoms with Gasteiger partial charge >= 0.3 is 18.0 Å². The summed E-state index contributed by atoms with van der Waals surface area (Å²) in [4.78, 5) is 65.4. The van der Waals surface area contributed by atoms with Crippen molar-refractivity contribution in [3.05, 3.63) is 29.8 Å². The highest BCUT2D eigenvalue weighted by atomic mass is 32.2. The molecular weight excluding hydrogens is 733 g/mol. The van der Waals surface area contributed by atoms with Gasteiger partial charge in [0.15, 0.2) is 0 Å². The number of unbranched alkanes of at least 4 members (excludes halogenated alkanes) is 1. The minimum Gasteiger partial charge on any atom is -0.488 e. The van der Waals surface area contributed by atoms with Crippen LogP contribution in [-0.2, 0) is 45.1 Å². The third-order valence-electron chi connectivity index (χ3n) is 8.60. The largest absolute Gasteiger partial charge is 0.488 e. The standard InChI is InChI=1S/C39H64N4O11S/c1-36(2,3)52-28-18-16-26(17-19-28)23-30(33(47)53-37(4,5)6)42-34(48)39(20-12-13-21-39)24-27(32(45)46)25-41-31(44)29(43-55(10,50)51)15-11-14-22-40-35(49)54-38(7,8)9/h16-19,27,29-30,43H,11-15,20-25H2,1-10H3,(H,40,49)(H,41,44)(H,42,48)(H,45,46)/t27?,29-,30-/m0/s1. The highest BCUT2D eigenvalue weighted by Gasteiger charge is 2.45. The van der Waals surface area contributed by atoms with Crippen molar-refractivity contribution >= 4 is 39.9 Å². The van der Waals surface area contributed by atoms with Crippen LogP contribution in [0.15, 0.2) is 24.3 Å². The average molecular weight is 797 g/mol. The third kappa shape index (κ3) is 18.5. The number of carboxylic acids is 1. The molecule has 5 N–H and O–H groups in total. The topological polar surface area (TPSA) is 216 Å². The van der Waals surface area contributed by atoms with Crippen molar-refractivity contribution in [1.29, 1.82) is 0 Å². The van der Waals surface area contributed by atoms with Gasteiger partial charge in [-0.1, -0.05) is 25.0 Å². The molecule has 0 heterocycles. The number of esters is 1. The Morgan fingerprint density at radius 3 is 1.91 bits per heavy atom. The quantitative estimate of drug-likeness (QED) is 0.0963. The first-order chi connectivity index (χ1) is 25.2. The van der Waals surface area contributed by atoms with E-state index >= 15 is 0 Å². The molecule has 55 heavy (non-hydrogen) atoms. The number of rotatable bonds is 19. The second-order valence-electron chi connectivity index (χ2n) is 17.5. The van der Waals surface area contributed by atoms with Crippen molar-refractivity contribution in [3.63, 3.8) is 0 Å². The fourth-order valence-corrected chi connectivity index (χ4v) is 7.02. The zero-order valence-electron chi connectivity index (χ0n) is 34.3. The molecule has 1 unspecified atom stereocenters. The molecule has 2 rings (SSSR count). The monoisotopic (exact) mass is 796 g/mol. The van der Waals surface area contributed by atoms with Crippen molar-refractivity contribution in [2.45, 2.75) is 149 Å². The molecule has 1 aromatic carbocycles. The van der Waals surface area contributed by atoms with E-state index in [9.17, 15) is 37.5 Å². The summed E-state index contributed by atoms with van der Waals surface area (Å²) in [5.41, 5.74) is -2.29. The normalized spacial score (nSPS) is 16.3. The van der Waals surface area contributed by atoms with Crippen LogP contribution in [0.3, 0.4) is 0 Å². The Morgan fingerprint density at radius 1 is 0.818 bits per heavy atom. The van der Waals surface area contributed by atoms with Crippen molar-refractivity contribution in [3.8, 4) is 5.75 Å². The molecular formula is C39H64N4O11S. The summed E-state index contributed by atoms with van der Waals surface area (Å²) in [6.45, 7) is 16.1. The van der Waals surface area contributed by atoms with Crippen LogP contribution in [0.4, 0.5) is 4.79 Å². The Balaban J connectivity index is 2.18. The van der Waals surface area contributed by atoms with Gasteiger partial charge in [-0.25, -0.2) is 22.7 Å². The summed E-state index contributed by atoms with van der Waals surface area (Å²) >= 11 is 0. The highest BCUT2D eigenvalue weighted by molar-refractivity contribution is 7.88. The molecule has 15 nitrogen and oxygen atoms in total. The average Bonchev–Trinajstić information content (AvgIpc) is 3.49. The van der Waals surface area contributed by atoms with Gasteiger partial charge in [-0.2, -0.15) is 0 Å². The first kappa shape index (κ1) is 47.2. The van der Waals surface area contributed by atoms with E-state index in [1.807, 2.05) is 32.9 Å². The molecule has 1 fully saturated rings. The molecule has 1 saturated carbocycles. The molecule has 0 aromatic heterocycles. The van der Waals surface area contributed by atoms with Gasteiger partial charge in [-0.15, -0.1) is 0 Å². The van der Waals surface area contributed by atoms with E-state index in [1.165, 1.54) is 0 Å². The van der Waals surface area contributed by atoms with Crippen LogP contribution in [0.5, 0.6) is 5.75 Å². The Labute approximate surface area is 326 Å². The number of aliphatic carboxylic acids is 1. The second-order valence-corrected chi connectivity index (χ2v) is 19.2. The van der Waals surface area contributed by atoms with E-state index < -0.39 is 80.1 Å². The number of alkyl carbamates (subject to hydrolysis) is 1. The molecule has 0 aliphatic heterocycles. The molecule has 0 spiro atoms. The number of carbonyl (C=O) groups is 5. The summed E-state index contributed by atoms with van der Waals surface area (Å²) in [6, 6.07) is 4.94. The zero-order chi connectivity index (χ0) is 41.8. The van der Waals surface area contributed by atoms with E-state index in [-0.39, 0.29) is 32.4 Å². The molecule has 0 bridgehead atoms. The SMILES string of the molecule is CC(C)(C)OC(=O)NCCCC[C@H](NS(C)(=O)=O)C(=O)NCC(CC1(C(=O)N[C@@H](Cc2ccc(OC(C)(C)C)cc2)C(=O)OC(C)(C)C)CCCC1)C(=O)O. The molecule has 312 valence electrons. The minimum absolute atomic E-state index is 0.0807. The number of nitrogens with one attached hydrogen (secondary N) is 4. The lowest BCUT2D eigenvalue weighted by Gasteiger charge is -2.33. The Hall–Kier alpha value is -3.92. The van der Waals surface area contributed by atoms with Crippen LogP contribution in [0.1, 0.15) is 119 Å². The number of sulfonamides is 1. The molecule has 1 aliphatic carbocycles. The van der Waals surface area contributed by atoms with Crippen molar-refractivity contribution in [2.75, 3.05) is 19.3 Å². The van der Waals surface area contributed by atoms with Gasteiger partial charge in [0.1, 0.15) is 34.6 Å². The lowest BCUT2D eigenvalue weighted by Crippen LogP contribution is -2.52. The van der Waals surface area contributed by atoms with Crippen LogP contribution < -0.4 is 25.4 Å². The number of hydrogen-bond donors (Lipinski definition) is 5. The van der Waals surface area contributed by atoms with Crippen molar-refractivity contribution in [1.82, 2.24) is 20.7 Å².